The van der Waals surface area contributed by atoms with Gasteiger partial charge in [0.05, 0.1) is 11.8 Å². The lowest BCUT2D eigenvalue weighted by Gasteiger charge is -2.22. The van der Waals surface area contributed by atoms with Crippen LogP contribution in [0.5, 0.6) is 0 Å². The maximum absolute atomic E-state index is 12.1. The van der Waals surface area contributed by atoms with Gasteiger partial charge in [0.1, 0.15) is 5.15 Å². The largest absolute Gasteiger partial charge is 0.771 e. The third kappa shape index (κ3) is 1.84. The molecule has 0 spiro atoms. The third-order valence-electron chi connectivity index (χ3n) is 2.68. The second-order valence-electron chi connectivity index (χ2n) is 3.71. The number of aromatic nitrogens is 1. The van der Waals surface area contributed by atoms with E-state index in [0.29, 0.717) is 5.15 Å². The molecule has 0 aromatic carbocycles. The van der Waals surface area contributed by atoms with E-state index in [2.05, 4.69) is 4.98 Å². The Kier molecular flexibility index (Phi) is 2.98. The summed E-state index contributed by atoms with van der Waals surface area (Å²) in [5.74, 6) is 0. The Hall–Kier alpha value is -0.960. The molecule has 0 bridgehead atoms. The first kappa shape index (κ1) is 11.5. The quantitative estimate of drug-likeness (QED) is 0.350. The van der Waals surface area contributed by atoms with Gasteiger partial charge in [-0.15, -0.1) is 0 Å². The van der Waals surface area contributed by atoms with Gasteiger partial charge in [-0.25, -0.2) is 4.98 Å². The van der Waals surface area contributed by atoms with Crippen molar-refractivity contribution >= 4 is 22.6 Å². The fourth-order valence-corrected chi connectivity index (χ4v) is 3.11. The SMILES string of the molecule is C[N+](C#N)=S([O-])C1(c2ccc(Cl)nc2)CC1. The van der Waals surface area contributed by atoms with Crippen LogP contribution in [0.1, 0.15) is 18.4 Å². The Morgan fingerprint density at radius 2 is 2.31 bits per heavy atom. The second kappa shape index (κ2) is 4.13. The molecule has 0 radical (unpaired) electrons. The minimum absolute atomic E-state index is 0.416. The molecule has 1 saturated carbocycles. The molecular formula is C10H10ClN3OS. The normalized spacial score (nSPS) is 19.8. The highest BCUT2D eigenvalue weighted by molar-refractivity contribution is 7.80. The maximum atomic E-state index is 12.1. The average molecular weight is 256 g/mol. The van der Waals surface area contributed by atoms with Crippen molar-refractivity contribution in [1.82, 2.24) is 4.98 Å². The predicted molar refractivity (Wildman–Crippen MR) is 60.1 cm³/mol. The minimum Gasteiger partial charge on any atom is -0.771 e. The number of nitrogens with zero attached hydrogens (tertiary/aromatic N) is 3. The van der Waals surface area contributed by atoms with Crippen LogP contribution in [-0.2, 0) is 15.7 Å². The summed E-state index contributed by atoms with van der Waals surface area (Å²) in [6.45, 7) is 0. The smallest absolute Gasteiger partial charge is 0.464 e. The van der Waals surface area contributed by atoms with Crippen LogP contribution in [-0.4, -0.2) is 20.5 Å². The van der Waals surface area contributed by atoms with Crippen molar-refractivity contribution in [3.8, 4) is 6.19 Å². The standard InChI is InChI=1S/C10H10ClN3OS/c1-14(7-12)16(15)10(4-5-10)8-2-3-9(11)13-6-8/h2-3,6H,4-5H2,1H3. The minimum atomic E-state index is -1.33. The lowest BCUT2D eigenvalue weighted by atomic mass is 10.2. The molecule has 0 saturated heterocycles. The zero-order chi connectivity index (χ0) is 11.8. The zero-order valence-electron chi connectivity index (χ0n) is 8.68. The van der Waals surface area contributed by atoms with E-state index in [-0.39, 0.29) is 0 Å². The predicted octanol–water partition coefficient (Wildman–Crippen LogP) is 1.78. The van der Waals surface area contributed by atoms with E-state index >= 15 is 0 Å². The molecule has 6 heteroatoms. The summed E-state index contributed by atoms with van der Waals surface area (Å²) in [6, 6.07) is 3.51. The van der Waals surface area contributed by atoms with Crippen LogP contribution in [0.3, 0.4) is 0 Å². The number of halogens is 1. The molecule has 2 rings (SSSR count). The molecule has 1 aromatic rings. The first-order chi connectivity index (χ1) is 7.60. The van der Waals surface area contributed by atoms with Gasteiger partial charge in [-0.3, -0.25) is 0 Å². The van der Waals surface area contributed by atoms with E-state index in [1.807, 2.05) is 12.3 Å². The molecular weight excluding hydrogens is 246 g/mol. The van der Waals surface area contributed by atoms with Crippen molar-refractivity contribution in [2.45, 2.75) is 17.6 Å². The van der Waals surface area contributed by atoms with Crippen molar-refractivity contribution in [3.63, 3.8) is 0 Å². The molecule has 0 aliphatic heterocycles. The van der Waals surface area contributed by atoms with Crippen LogP contribution in [0.15, 0.2) is 18.3 Å². The van der Waals surface area contributed by atoms with Gasteiger partial charge in [-0.05, 0) is 24.5 Å². The highest BCUT2D eigenvalue weighted by atomic mass is 35.5. The number of hydrogen-bond acceptors (Lipinski definition) is 3. The van der Waals surface area contributed by atoms with Crippen LogP contribution in [0.25, 0.3) is 0 Å². The van der Waals surface area contributed by atoms with E-state index in [1.54, 1.807) is 12.3 Å². The molecule has 1 aliphatic carbocycles. The van der Waals surface area contributed by atoms with Gasteiger partial charge in [0.2, 0.25) is 0 Å². The molecule has 0 amide bonds. The van der Waals surface area contributed by atoms with Crippen LogP contribution in [0, 0.1) is 11.5 Å². The number of pyridine rings is 1. The Balaban J connectivity index is 2.42. The van der Waals surface area contributed by atoms with Gasteiger partial charge >= 0.3 is 6.19 Å². The van der Waals surface area contributed by atoms with E-state index in [0.717, 1.165) is 18.4 Å². The highest BCUT2D eigenvalue weighted by Gasteiger charge is 2.46. The summed E-state index contributed by atoms with van der Waals surface area (Å²) in [5.41, 5.74) is 0.886. The number of nitriles is 1. The molecule has 1 unspecified atom stereocenters. The van der Waals surface area contributed by atoms with Gasteiger partial charge in [0.15, 0.2) is 5.26 Å². The fraction of sp³-hybridized carbons (Fsp3) is 0.400. The molecule has 0 N–H and O–H groups in total. The van der Waals surface area contributed by atoms with Gasteiger partial charge in [-0.2, -0.15) is 3.95 Å². The van der Waals surface area contributed by atoms with Gasteiger partial charge in [0, 0.05) is 6.20 Å². The molecule has 16 heavy (non-hydrogen) atoms. The highest BCUT2D eigenvalue weighted by Crippen LogP contribution is 2.50. The third-order valence-corrected chi connectivity index (χ3v) is 4.80. The van der Waals surface area contributed by atoms with Crippen LogP contribution >= 0.6 is 11.6 Å². The molecule has 1 fully saturated rings. The fourth-order valence-electron chi connectivity index (χ4n) is 1.62. The van der Waals surface area contributed by atoms with Crippen LogP contribution in [0.2, 0.25) is 5.15 Å². The first-order valence-electron chi connectivity index (χ1n) is 4.78. The molecule has 1 aromatic heterocycles. The number of hydrogen-bond donors (Lipinski definition) is 0. The summed E-state index contributed by atoms with van der Waals surface area (Å²) in [4.78, 5) is 3.98. The van der Waals surface area contributed by atoms with E-state index in [1.165, 1.54) is 11.0 Å². The van der Waals surface area contributed by atoms with E-state index < -0.39 is 15.7 Å². The molecule has 1 heterocycles. The number of rotatable bonds is 2. The lowest BCUT2D eigenvalue weighted by Crippen LogP contribution is -2.21. The Morgan fingerprint density at radius 3 is 2.75 bits per heavy atom. The summed E-state index contributed by atoms with van der Waals surface area (Å²) < 4.78 is 12.9. The van der Waals surface area contributed by atoms with Crippen molar-refractivity contribution in [2.24, 2.45) is 0 Å². The molecule has 4 nitrogen and oxygen atoms in total. The van der Waals surface area contributed by atoms with Gasteiger partial charge in [-0.1, -0.05) is 28.6 Å². The summed E-state index contributed by atoms with van der Waals surface area (Å²) in [6.07, 6.45) is 5.14. The monoisotopic (exact) mass is 255 g/mol. The summed E-state index contributed by atoms with van der Waals surface area (Å²) in [5, 5.41) is 9.15. The zero-order valence-corrected chi connectivity index (χ0v) is 10.3. The van der Waals surface area contributed by atoms with Gasteiger partial charge < -0.3 is 4.55 Å². The van der Waals surface area contributed by atoms with Crippen molar-refractivity contribution in [2.75, 3.05) is 7.05 Å². The van der Waals surface area contributed by atoms with E-state index in [4.69, 9.17) is 16.9 Å². The second-order valence-corrected chi connectivity index (χ2v) is 5.93. The van der Waals surface area contributed by atoms with Crippen molar-refractivity contribution in [3.05, 3.63) is 29.0 Å². The Morgan fingerprint density at radius 1 is 1.62 bits per heavy atom. The molecule has 84 valence electrons. The first-order valence-corrected chi connectivity index (χ1v) is 6.26. The summed E-state index contributed by atoms with van der Waals surface area (Å²) in [7, 11) is 0.195. The van der Waals surface area contributed by atoms with E-state index in [9.17, 15) is 4.55 Å². The topological polar surface area (TPSA) is 62.8 Å². The van der Waals surface area contributed by atoms with Crippen LogP contribution < -0.4 is 0 Å². The van der Waals surface area contributed by atoms with Gasteiger partial charge in [0.25, 0.3) is 0 Å². The average Bonchev–Trinajstić information content (AvgIpc) is 3.09. The Labute approximate surface area is 101 Å². The maximum Gasteiger partial charge on any atom is 0.464 e. The van der Waals surface area contributed by atoms with Crippen molar-refractivity contribution < 1.29 is 8.50 Å². The Bertz CT molecular complexity index is 488. The molecule has 1 aliphatic rings. The van der Waals surface area contributed by atoms with Crippen molar-refractivity contribution in [1.29, 1.82) is 5.26 Å². The summed E-state index contributed by atoms with van der Waals surface area (Å²) >= 11 is 5.70. The van der Waals surface area contributed by atoms with Crippen LogP contribution in [0.4, 0.5) is 0 Å². The molecule has 1 atom stereocenters. The lowest BCUT2D eigenvalue weighted by molar-refractivity contribution is -0.380.